The van der Waals surface area contributed by atoms with Crippen LogP contribution in [0.4, 0.5) is 0 Å². The molecule has 0 unspecified atom stereocenters. The van der Waals surface area contributed by atoms with Gasteiger partial charge in [0, 0.05) is 12.1 Å². The lowest BCUT2D eigenvalue weighted by atomic mass is 10.3. The SMILES string of the molecule is Oc1cc(Oc2ccccc2)c(Br)cc1Br.Oc1ccc(Br)c(Oc2ccccc2)c1. The predicted octanol–water partition coefficient (Wildman–Crippen LogP) is 8.66. The van der Waals surface area contributed by atoms with Crippen molar-refractivity contribution in [1.82, 2.24) is 0 Å². The third-order valence-corrected chi connectivity index (χ3v) is 5.77. The van der Waals surface area contributed by atoms with E-state index in [0.29, 0.717) is 16.0 Å². The number of benzene rings is 4. The Morgan fingerprint density at radius 1 is 0.516 bits per heavy atom. The van der Waals surface area contributed by atoms with Crippen molar-refractivity contribution in [3.63, 3.8) is 0 Å². The number of ether oxygens (including phenoxy) is 2. The molecule has 0 aliphatic carbocycles. The highest BCUT2D eigenvalue weighted by molar-refractivity contribution is 9.11. The maximum atomic E-state index is 9.55. The molecule has 0 heterocycles. The number of para-hydroxylation sites is 2. The van der Waals surface area contributed by atoms with Crippen LogP contribution in [-0.4, -0.2) is 10.2 Å². The highest BCUT2D eigenvalue weighted by Gasteiger charge is 2.07. The summed E-state index contributed by atoms with van der Waals surface area (Å²) in [5.41, 5.74) is 0. The van der Waals surface area contributed by atoms with Crippen molar-refractivity contribution in [3.8, 4) is 34.5 Å². The van der Waals surface area contributed by atoms with Gasteiger partial charge in [-0.15, -0.1) is 0 Å². The van der Waals surface area contributed by atoms with E-state index in [0.717, 1.165) is 20.4 Å². The van der Waals surface area contributed by atoms with Gasteiger partial charge in [-0.2, -0.15) is 0 Å². The van der Waals surface area contributed by atoms with Crippen LogP contribution in [0.5, 0.6) is 34.5 Å². The molecule has 0 aromatic heterocycles. The molecule has 0 atom stereocenters. The number of hydrogen-bond acceptors (Lipinski definition) is 4. The van der Waals surface area contributed by atoms with E-state index in [4.69, 9.17) is 9.47 Å². The van der Waals surface area contributed by atoms with E-state index in [9.17, 15) is 10.2 Å². The molecular formula is C24H17Br3O4. The van der Waals surface area contributed by atoms with E-state index >= 15 is 0 Å². The number of aromatic hydroxyl groups is 2. The highest BCUT2D eigenvalue weighted by atomic mass is 79.9. The van der Waals surface area contributed by atoms with Gasteiger partial charge in [0.15, 0.2) is 0 Å². The fourth-order valence-corrected chi connectivity index (χ4v) is 3.80. The second kappa shape index (κ2) is 11.2. The van der Waals surface area contributed by atoms with E-state index < -0.39 is 0 Å². The summed E-state index contributed by atoms with van der Waals surface area (Å²) in [7, 11) is 0. The molecule has 0 radical (unpaired) electrons. The van der Waals surface area contributed by atoms with Crippen molar-refractivity contribution >= 4 is 47.8 Å². The standard InChI is InChI=1S/C12H8Br2O2.C12H9BrO2/c13-9-6-10(14)12(7-11(9)15)16-8-4-2-1-3-5-8;13-11-7-6-9(14)8-12(11)15-10-4-2-1-3-5-10/h1-7,15H;1-8,14H. The first-order chi connectivity index (χ1) is 14.9. The zero-order valence-corrected chi connectivity index (χ0v) is 20.8. The van der Waals surface area contributed by atoms with Gasteiger partial charge in [-0.1, -0.05) is 36.4 Å². The van der Waals surface area contributed by atoms with E-state index in [1.165, 1.54) is 0 Å². The fourth-order valence-electron chi connectivity index (χ4n) is 2.40. The molecule has 0 aliphatic heterocycles. The number of phenols is 2. The molecule has 4 aromatic rings. The zero-order chi connectivity index (χ0) is 22.2. The molecule has 0 saturated carbocycles. The van der Waals surface area contributed by atoms with Crippen molar-refractivity contribution in [1.29, 1.82) is 0 Å². The molecule has 4 nitrogen and oxygen atoms in total. The van der Waals surface area contributed by atoms with Crippen LogP contribution in [0.2, 0.25) is 0 Å². The molecule has 0 spiro atoms. The van der Waals surface area contributed by atoms with Crippen molar-refractivity contribution in [3.05, 3.63) is 104 Å². The molecule has 2 N–H and O–H groups in total. The molecule has 158 valence electrons. The molecule has 0 saturated heterocycles. The first-order valence-corrected chi connectivity index (χ1v) is 11.4. The summed E-state index contributed by atoms with van der Waals surface area (Å²) in [6, 6.07) is 27.0. The van der Waals surface area contributed by atoms with Crippen LogP contribution in [0.15, 0.2) is 104 Å². The topological polar surface area (TPSA) is 58.9 Å². The summed E-state index contributed by atoms with van der Waals surface area (Å²) >= 11 is 9.95. The quantitative estimate of drug-likeness (QED) is 0.243. The van der Waals surface area contributed by atoms with Crippen molar-refractivity contribution in [2.75, 3.05) is 0 Å². The lowest BCUT2D eigenvalue weighted by Gasteiger charge is -2.08. The largest absolute Gasteiger partial charge is 0.508 e. The highest BCUT2D eigenvalue weighted by Crippen LogP contribution is 2.37. The number of rotatable bonds is 4. The van der Waals surface area contributed by atoms with Gasteiger partial charge in [0.1, 0.15) is 34.5 Å². The Kier molecular flexibility index (Phi) is 8.40. The van der Waals surface area contributed by atoms with Crippen LogP contribution < -0.4 is 9.47 Å². The molecular weight excluding hydrogens is 592 g/mol. The summed E-state index contributed by atoms with van der Waals surface area (Å²) in [4.78, 5) is 0. The number of phenolic OH excluding ortho intramolecular Hbond substituents is 2. The van der Waals surface area contributed by atoms with Crippen LogP contribution in [0.3, 0.4) is 0 Å². The summed E-state index contributed by atoms with van der Waals surface area (Å²) in [6.45, 7) is 0. The average molecular weight is 609 g/mol. The van der Waals surface area contributed by atoms with Gasteiger partial charge in [0.05, 0.1) is 13.4 Å². The number of halogens is 3. The van der Waals surface area contributed by atoms with Crippen LogP contribution in [0.25, 0.3) is 0 Å². The summed E-state index contributed by atoms with van der Waals surface area (Å²) in [6.07, 6.45) is 0. The first kappa shape index (κ1) is 23.2. The van der Waals surface area contributed by atoms with Crippen molar-refractivity contribution < 1.29 is 19.7 Å². The molecule has 4 rings (SSSR count). The molecule has 0 aliphatic rings. The average Bonchev–Trinajstić information content (AvgIpc) is 2.77. The van der Waals surface area contributed by atoms with E-state index in [1.807, 2.05) is 60.7 Å². The molecule has 4 aromatic carbocycles. The molecule has 7 heteroatoms. The Labute approximate surface area is 205 Å². The molecule has 0 bridgehead atoms. The Bertz CT molecular complexity index is 1140. The van der Waals surface area contributed by atoms with Gasteiger partial charge in [-0.05, 0) is 90.3 Å². The second-order valence-electron chi connectivity index (χ2n) is 6.18. The second-order valence-corrected chi connectivity index (χ2v) is 8.74. The van der Waals surface area contributed by atoms with Crippen LogP contribution in [0.1, 0.15) is 0 Å². The summed E-state index contributed by atoms with van der Waals surface area (Å²) in [5.74, 6) is 2.97. The minimum absolute atomic E-state index is 0.147. The predicted molar refractivity (Wildman–Crippen MR) is 132 cm³/mol. The third-order valence-electron chi connectivity index (χ3n) is 3.86. The van der Waals surface area contributed by atoms with Gasteiger partial charge < -0.3 is 19.7 Å². The Hall–Kier alpha value is -2.48. The fraction of sp³-hybridized carbons (Fsp3) is 0. The Morgan fingerprint density at radius 3 is 1.58 bits per heavy atom. The van der Waals surface area contributed by atoms with Crippen molar-refractivity contribution in [2.24, 2.45) is 0 Å². The maximum absolute atomic E-state index is 9.55. The van der Waals surface area contributed by atoms with Gasteiger partial charge >= 0.3 is 0 Å². The third kappa shape index (κ3) is 7.02. The monoisotopic (exact) mass is 606 g/mol. The minimum Gasteiger partial charge on any atom is -0.508 e. The molecule has 0 amide bonds. The van der Waals surface area contributed by atoms with E-state index in [-0.39, 0.29) is 11.5 Å². The van der Waals surface area contributed by atoms with Crippen LogP contribution >= 0.6 is 47.8 Å². The lowest BCUT2D eigenvalue weighted by molar-refractivity contribution is 0.451. The number of hydrogen-bond donors (Lipinski definition) is 2. The van der Waals surface area contributed by atoms with Crippen LogP contribution in [0, 0.1) is 0 Å². The minimum atomic E-state index is 0.147. The van der Waals surface area contributed by atoms with Gasteiger partial charge in [0.25, 0.3) is 0 Å². The van der Waals surface area contributed by atoms with E-state index in [2.05, 4.69) is 47.8 Å². The molecule has 31 heavy (non-hydrogen) atoms. The van der Waals surface area contributed by atoms with Gasteiger partial charge in [-0.3, -0.25) is 0 Å². The summed E-state index contributed by atoms with van der Waals surface area (Å²) in [5, 5.41) is 18.9. The van der Waals surface area contributed by atoms with Gasteiger partial charge in [0.2, 0.25) is 0 Å². The van der Waals surface area contributed by atoms with Crippen LogP contribution in [-0.2, 0) is 0 Å². The zero-order valence-electron chi connectivity index (χ0n) is 16.0. The van der Waals surface area contributed by atoms with Gasteiger partial charge in [-0.25, -0.2) is 0 Å². The van der Waals surface area contributed by atoms with E-state index in [1.54, 1.807) is 30.3 Å². The Morgan fingerprint density at radius 2 is 1.03 bits per heavy atom. The maximum Gasteiger partial charge on any atom is 0.145 e. The summed E-state index contributed by atoms with van der Waals surface area (Å²) < 4.78 is 13.4. The Balaban J connectivity index is 0.000000176. The molecule has 0 fully saturated rings. The first-order valence-electron chi connectivity index (χ1n) is 9.04. The van der Waals surface area contributed by atoms with Crippen molar-refractivity contribution in [2.45, 2.75) is 0 Å². The normalized spacial score (nSPS) is 10.0. The smallest absolute Gasteiger partial charge is 0.145 e. The lowest BCUT2D eigenvalue weighted by Crippen LogP contribution is -1.85.